The van der Waals surface area contributed by atoms with E-state index < -0.39 is 0 Å². The number of fused-ring (bicyclic) bond motifs is 1. The zero-order chi connectivity index (χ0) is 13.9. The molecule has 0 saturated heterocycles. The summed E-state index contributed by atoms with van der Waals surface area (Å²) in [5.74, 6) is 1.90. The molecular formula is C18H27NO. The van der Waals surface area contributed by atoms with Crippen LogP contribution >= 0.6 is 0 Å². The Bertz CT molecular complexity index is 457. The minimum absolute atomic E-state index is 0.431. The SMILES string of the molecule is CNC1CCCc2cc(OC3CCCC(C)C3)ccc21. The lowest BCUT2D eigenvalue weighted by Crippen LogP contribution is -2.24. The largest absolute Gasteiger partial charge is 0.490 e. The fraction of sp³-hybridized carbons (Fsp3) is 0.667. The lowest BCUT2D eigenvalue weighted by Gasteiger charge is -2.29. The zero-order valence-electron chi connectivity index (χ0n) is 12.8. The van der Waals surface area contributed by atoms with E-state index in [2.05, 4.69) is 37.5 Å². The van der Waals surface area contributed by atoms with Crippen molar-refractivity contribution in [2.24, 2.45) is 5.92 Å². The number of hydrogen-bond acceptors (Lipinski definition) is 2. The van der Waals surface area contributed by atoms with Crippen LogP contribution in [0.1, 0.15) is 62.6 Å². The van der Waals surface area contributed by atoms with Gasteiger partial charge in [0.05, 0.1) is 6.10 Å². The predicted molar refractivity (Wildman–Crippen MR) is 83.2 cm³/mol. The van der Waals surface area contributed by atoms with Crippen LogP contribution in [0.4, 0.5) is 0 Å². The van der Waals surface area contributed by atoms with E-state index in [-0.39, 0.29) is 0 Å². The van der Waals surface area contributed by atoms with E-state index in [0.717, 1.165) is 11.7 Å². The molecule has 1 fully saturated rings. The molecule has 20 heavy (non-hydrogen) atoms. The quantitative estimate of drug-likeness (QED) is 0.889. The van der Waals surface area contributed by atoms with Gasteiger partial charge in [0.15, 0.2) is 0 Å². The first-order chi connectivity index (χ1) is 9.76. The topological polar surface area (TPSA) is 21.3 Å². The van der Waals surface area contributed by atoms with Gasteiger partial charge in [0.25, 0.3) is 0 Å². The van der Waals surface area contributed by atoms with E-state index >= 15 is 0 Å². The van der Waals surface area contributed by atoms with Crippen LogP contribution in [-0.2, 0) is 6.42 Å². The molecule has 0 heterocycles. The Morgan fingerprint density at radius 2 is 2.05 bits per heavy atom. The molecule has 3 rings (SSSR count). The van der Waals surface area contributed by atoms with Gasteiger partial charge in [0, 0.05) is 6.04 Å². The number of benzene rings is 1. The number of hydrogen-bond donors (Lipinski definition) is 1. The molecule has 0 aliphatic heterocycles. The molecule has 0 amide bonds. The fourth-order valence-corrected chi connectivity index (χ4v) is 3.84. The first-order valence-corrected chi connectivity index (χ1v) is 8.23. The van der Waals surface area contributed by atoms with Gasteiger partial charge in [-0.2, -0.15) is 0 Å². The molecule has 0 spiro atoms. The molecule has 0 aromatic heterocycles. The fourth-order valence-electron chi connectivity index (χ4n) is 3.84. The average Bonchev–Trinajstić information content (AvgIpc) is 2.46. The first kappa shape index (κ1) is 13.9. The summed E-state index contributed by atoms with van der Waals surface area (Å²) in [4.78, 5) is 0. The Morgan fingerprint density at radius 1 is 1.15 bits per heavy atom. The molecule has 0 bridgehead atoms. The van der Waals surface area contributed by atoms with Crippen molar-refractivity contribution in [2.45, 2.75) is 64.0 Å². The first-order valence-electron chi connectivity index (χ1n) is 8.23. The lowest BCUT2D eigenvalue weighted by atomic mass is 9.87. The molecular weight excluding hydrogens is 246 g/mol. The van der Waals surface area contributed by atoms with Gasteiger partial charge in [-0.1, -0.05) is 19.4 Å². The van der Waals surface area contributed by atoms with Crippen LogP contribution in [0, 0.1) is 5.92 Å². The predicted octanol–water partition coefficient (Wildman–Crippen LogP) is 4.24. The van der Waals surface area contributed by atoms with Crippen LogP contribution in [-0.4, -0.2) is 13.2 Å². The highest BCUT2D eigenvalue weighted by Crippen LogP contribution is 2.33. The van der Waals surface area contributed by atoms with Crippen molar-refractivity contribution in [3.8, 4) is 5.75 Å². The molecule has 0 radical (unpaired) electrons. The summed E-state index contributed by atoms with van der Waals surface area (Å²) in [6, 6.07) is 7.27. The molecule has 1 aromatic rings. The van der Waals surface area contributed by atoms with Crippen molar-refractivity contribution in [2.75, 3.05) is 7.05 Å². The van der Waals surface area contributed by atoms with Crippen molar-refractivity contribution < 1.29 is 4.74 Å². The van der Waals surface area contributed by atoms with Crippen molar-refractivity contribution in [3.05, 3.63) is 29.3 Å². The van der Waals surface area contributed by atoms with Gasteiger partial charge >= 0.3 is 0 Å². The molecule has 3 unspecified atom stereocenters. The van der Waals surface area contributed by atoms with Crippen molar-refractivity contribution in [1.29, 1.82) is 0 Å². The molecule has 1 aromatic carbocycles. The molecule has 2 aliphatic carbocycles. The normalized spacial score (nSPS) is 29.8. The Kier molecular flexibility index (Phi) is 4.30. The summed E-state index contributed by atoms with van der Waals surface area (Å²) in [6.45, 7) is 2.35. The van der Waals surface area contributed by atoms with Gasteiger partial charge in [-0.3, -0.25) is 0 Å². The highest BCUT2D eigenvalue weighted by atomic mass is 16.5. The minimum atomic E-state index is 0.431. The molecule has 1 saturated carbocycles. The van der Waals surface area contributed by atoms with Crippen LogP contribution in [0.25, 0.3) is 0 Å². The van der Waals surface area contributed by atoms with Gasteiger partial charge in [-0.05, 0) is 74.8 Å². The molecule has 3 atom stereocenters. The van der Waals surface area contributed by atoms with Crippen molar-refractivity contribution in [3.63, 3.8) is 0 Å². The summed E-state index contributed by atoms with van der Waals surface area (Å²) >= 11 is 0. The summed E-state index contributed by atoms with van der Waals surface area (Å²) in [7, 11) is 2.06. The van der Waals surface area contributed by atoms with Crippen LogP contribution in [0.15, 0.2) is 18.2 Å². The van der Waals surface area contributed by atoms with Gasteiger partial charge in [0.1, 0.15) is 5.75 Å². The van der Waals surface area contributed by atoms with E-state index in [1.165, 1.54) is 56.1 Å². The van der Waals surface area contributed by atoms with E-state index in [0.29, 0.717) is 12.1 Å². The second kappa shape index (κ2) is 6.17. The van der Waals surface area contributed by atoms with E-state index in [4.69, 9.17) is 4.74 Å². The van der Waals surface area contributed by atoms with Crippen LogP contribution in [0.2, 0.25) is 0 Å². The second-order valence-corrected chi connectivity index (χ2v) is 6.61. The van der Waals surface area contributed by atoms with Gasteiger partial charge < -0.3 is 10.1 Å². The third-order valence-electron chi connectivity index (χ3n) is 4.97. The maximum Gasteiger partial charge on any atom is 0.120 e. The molecule has 2 heteroatoms. The highest BCUT2D eigenvalue weighted by Gasteiger charge is 2.22. The molecule has 2 aliphatic rings. The molecule has 2 nitrogen and oxygen atoms in total. The average molecular weight is 273 g/mol. The number of rotatable bonds is 3. The minimum Gasteiger partial charge on any atom is -0.490 e. The number of nitrogens with one attached hydrogen (secondary N) is 1. The molecule has 1 N–H and O–H groups in total. The van der Waals surface area contributed by atoms with E-state index in [1.54, 1.807) is 0 Å². The van der Waals surface area contributed by atoms with Gasteiger partial charge in [0.2, 0.25) is 0 Å². The van der Waals surface area contributed by atoms with Crippen LogP contribution in [0.3, 0.4) is 0 Å². The third-order valence-corrected chi connectivity index (χ3v) is 4.97. The zero-order valence-corrected chi connectivity index (χ0v) is 12.8. The van der Waals surface area contributed by atoms with E-state index in [1.807, 2.05) is 0 Å². The Morgan fingerprint density at radius 3 is 2.85 bits per heavy atom. The van der Waals surface area contributed by atoms with Crippen LogP contribution < -0.4 is 10.1 Å². The van der Waals surface area contributed by atoms with Gasteiger partial charge in [-0.15, -0.1) is 0 Å². The summed E-state index contributed by atoms with van der Waals surface area (Å²) in [6.07, 6.45) is 9.29. The smallest absolute Gasteiger partial charge is 0.120 e. The summed E-state index contributed by atoms with van der Waals surface area (Å²) < 4.78 is 6.24. The van der Waals surface area contributed by atoms with Crippen molar-refractivity contribution in [1.82, 2.24) is 5.32 Å². The lowest BCUT2D eigenvalue weighted by molar-refractivity contribution is 0.129. The number of aryl methyl sites for hydroxylation is 1. The molecule has 110 valence electrons. The van der Waals surface area contributed by atoms with Crippen LogP contribution in [0.5, 0.6) is 5.75 Å². The Balaban J connectivity index is 1.72. The monoisotopic (exact) mass is 273 g/mol. The van der Waals surface area contributed by atoms with Gasteiger partial charge in [-0.25, -0.2) is 0 Å². The Labute approximate surface area is 122 Å². The number of ether oxygens (including phenoxy) is 1. The standard InChI is InChI=1S/C18H27NO/c1-13-5-3-7-15(11-13)20-16-9-10-17-14(12-16)6-4-8-18(17)19-2/h9-10,12-13,15,18-19H,3-8,11H2,1-2H3. The van der Waals surface area contributed by atoms with E-state index in [9.17, 15) is 0 Å². The highest BCUT2D eigenvalue weighted by molar-refractivity contribution is 5.39. The summed E-state index contributed by atoms with van der Waals surface area (Å²) in [5.41, 5.74) is 2.96. The second-order valence-electron chi connectivity index (χ2n) is 6.61. The summed E-state index contributed by atoms with van der Waals surface area (Å²) in [5, 5.41) is 3.43. The third kappa shape index (κ3) is 3.01. The van der Waals surface area contributed by atoms with Crippen molar-refractivity contribution >= 4 is 0 Å². The maximum atomic E-state index is 6.24. The Hall–Kier alpha value is -1.02. The maximum absolute atomic E-state index is 6.24.